The van der Waals surface area contributed by atoms with Crippen molar-refractivity contribution < 1.29 is 4.74 Å². The Balaban J connectivity index is 2.95. The van der Waals surface area contributed by atoms with E-state index in [1.165, 1.54) is 5.56 Å². The number of hydrogen-bond acceptors (Lipinski definition) is 2. The van der Waals surface area contributed by atoms with Crippen LogP contribution in [0.4, 0.5) is 0 Å². The Kier molecular flexibility index (Phi) is 6.98. The second kappa shape index (κ2) is 8.49. The van der Waals surface area contributed by atoms with Gasteiger partial charge in [-0.05, 0) is 54.2 Å². The van der Waals surface area contributed by atoms with Crippen LogP contribution in [-0.2, 0) is 17.6 Å². The molecule has 0 aliphatic carbocycles. The minimum absolute atomic E-state index is 0.422. The van der Waals surface area contributed by atoms with Gasteiger partial charge in [0.15, 0.2) is 0 Å². The molecule has 0 bridgehead atoms. The molecule has 1 aromatic rings. The van der Waals surface area contributed by atoms with Gasteiger partial charge in [0.2, 0.25) is 0 Å². The molecule has 0 N–H and O–H groups in total. The molecule has 1 aromatic carbocycles. The highest BCUT2D eigenvalue weighted by Crippen LogP contribution is 2.23. The van der Waals surface area contributed by atoms with Gasteiger partial charge in [-0.15, -0.1) is 0 Å². The highest BCUT2D eigenvalue weighted by Gasteiger charge is 2.07. The Bertz CT molecular complexity index is 608. The monoisotopic (exact) mass is 345 g/mol. The number of allylic oxidation sites excluding steroid dienone is 3. The molecule has 0 unspecified atom stereocenters. The molecule has 0 aliphatic heterocycles. The lowest BCUT2D eigenvalue weighted by molar-refractivity contribution is 0.302. The number of hydrogen-bond donors (Lipinski definition) is 0. The third-order valence-electron chi connectivity index (χ3n) is 3.49. The molecule has 0 aromatic heterocycles. The second-order valence-electron chi connectivity index (χ2n) is 4.73. The Morgan fingerprint density at radius 3 is 2.71 bits per heavy atom. The lowest BCUT2D eigenvalue weighted by atomic mass is 9.96. The molecule has 0 atom stereocenters. The minimum Gasteiger partial charge on any atom is -0.497 e. The summed E-state index contributed by atoms with van der Waals surface area (Å²) in [6.07, 6.45) is 3.98. The molecule has 0 spiro atoms. The zero-order valence-corrected chi connectivity index (χ0v) is 14.2. The first-order valence-corrected chi connectivity index (χ1v) is 7.52. The highest BCUT2D eigenvalue weighted by atomic mass is 79.9. The van der Waals surface area contributed by atoms with E-state index in [4.69, 9.17) is 10.00 Å². The Morgan fingerprint density at radius 1 is 1.43 bits per heavy atom. The Hall–Kier alpha value is -1.79. The molecule has 0 aliphatic rings. The van der Waals surface area contributed by atoms with Gasteiger partial charge in [0.25, 0.3) is 0 Å². The molecule has 0 saturated heterocycles. The van der Waals surface area contributed by atoms with Gasteiger partial charge in [0.1, 0.15) is 5.76 Å². The van der Waals surface area contributed by atoms with Crippen LogP contribution in [0.25, 0.3) is 0 Å². The lowest BCUT2D eigenvalue weighted by Gasteiger charge is -2.12. The first-order chi connectivity index (χ1) is 10.0. The van der Waals surface area contributed by atoms with E-state index in [1.54, 1.807) is 7.11 Å². The molecule has 110 valence electrons. The van der Waals surface area contributed by atoms with E-state index in [2.05, 4.69) is 41.2 Å². The first kappa shape index (κ1) is 17.3. The fourth-order valence-corrected chi connectivity index (χ4v) is 2.54. The highest BCUT2D eigenvalue weighted by molar-refractivity contribution is 9.10. The average Bonchev–Trinajstić information content (AvgIpc) is 2.48. The fourth-order valence-electron chi connectivity index (χ4n) is 2.13. The van der Waals surface area contributed by atoms with Crippen LogP contribution in [0.2, 0.25) is 0 Å². The molecule has 0 saturated carbocycles. The van der Waals surface area contributed by atoms with E-state index in [0.29, 0.717) is 12.2 Å². The van der Waals surface area contributed by atoms with E-state index < -0.39 is 0 Å². The lowest BCUT2D eigenvalue weighted by Crippen LogP contribution is -1.98. The van der Waals surface area contributed by atoms with E-state index in [-0.39, 0.29) is 0 Å². The summed E-state index contributed by atoms with van der Waals surface area (Å²) in [5.41, 5.74) is 4.40. The summed E-state index contributed by atoms with van der Waals surface area (Å²) in [5, 5.41) is 8.93. The summed E-state index contributed by atoms with van der Waals surface area (Å²) in [6, 6.07) is 8.30. The smallest absolute Gasteiger partial charge is 0.114 e. The topological polar surface area (TPSA) is 33.0 Å². The van der Waals surface area contributed by atoms with Crippen LogP contribution >= 0.6 is 15.9 Å². The van der Waals surface area contributed by atoms with Crippen molar-refractivity contribution in [1.29, 1.82) is 5.26 Å². The predicted octanol–water partition coefficient (Wildman–Crippen LogP) is 5.11. The third-order valence-corrected chi connectivity index (χ3v) is 3.99. The van der Waals surface area contributed by atoms with E-state index >= 15 is 0 Å². The molecule has 2 nitrogen and oxygen atoms in total. The van der Waals surface area contributed by atoms with Crippen molar-refractivity contribution in [3.05, 3.63) is 69.9 Å². The number of methoxy groups -OCH3 is 1. The number of rotatable bonds is 7. The summed E-state index contributed by atoms with van der Waals surface area (Å²) >= 11 is 3.45. The van der Waals surface area contributed by atoms with Crippen LogP contribution in [0, 0.1) is 11.3 Å². The van der Waals surface area contributed by atoms with Crippen LogP contribution in [0.5, 0.6) is 0 Å². The van der Waals surface area contributed by atoms with E-state index in [9.17, 15) is 0 Å². The van der Waals surface area contributed by atoms with Crippen molar-refractivity contribution >= 4 is 15.9 Å². The zero-order chi connectivity index (χ0) is 15.8. The van der Waals surface area contributed by atoms with Crippen molar-refractivity contribution in [3.63, 3.8) is 0 Å². The van der Waals surface area contributed by atoms with Gasteiger partial charge in [-0.25, -0.2) is 0 Å². The van der Waals surface area contributed by atoms with Gasteiger partial charge in [-0.1, -0.05) is 41.2 Å². The van der Waals surface area contributed by atoms with Crippen molar-refractivity contribution in [3.8, 4) is 6.07 Å². The first-order valence-electron chi connectivity index (χ1n) is 6.73. The standard InChI is InChI=1S/C18H20BrNO/c1-5-15(13(2)14(3)21-4)6-7-16-8-9-18(19)12-17(16)10-11-20/h5,8-9,12H,1,3,6-7,10H2,2,4H3/b15-13+. The number of halogens is 1. The van der Waals surface area contributed by atoms with Gasteiger partial charge >= 0.3 is 0 Å². The summed E-state index contributed by atoms with van der Waals surface area (Å²) in [6.45, 7) is 9.73. The van der Waals surface area contributed by atoms with Gasteiger partial charge in [0, 0.05) is 4.47 Å². The fraction of sp³-hybridized carbons (Fsp3) is 0.278. The molecule has 3 heteroatoms. The zero-order valence-electron chi connectivity index (χ0n) is 12.6. The number of nitriles is 1. The maximum Gasteiger partial charge on any atom is 0.114 e. The van der Waals surface area contributed by atoms with Gasteiger partial charge in [-0.3, -0.25) is 0 Å². The molecule has 1 rings (SSSR count). The number of ether oxygens (including phenoxy) is 1. The van der Waals surface area contributed by atoms with Crippen molar-refractivity contribution in [2.75, 3.05) is 7.11 Å². The SMILES string of the molecule is C=C/C(CCc1ccc(Br)cc1CC#N)=C(/C)C(=C)OC. The molecule has 0 radical (unpaired) electrons. The van der Waals surface area contributed by atoms with Gasteiger partial charge in [-0.2, -0.15) is 5.26 Å². The quantitative estimate of drug-likeness (QED) is 0.508. The molecular formula is C18H20BrNO. The van der Waals surface area contributed by atoms with E-state index in [1.807, 2.05) is 25.1 Å². The number of benzene rings is 1. The molecular weight excluding hydrogens is 326 g/mol. The molecule has 21 heavy (non-hydrogen) atoms. The summed E-state index contributed by atoms with van der Waals surface area (Å²) in [7, 11) is 1.62. The van der Waals surface area contributed by atoms with Gasteiger partial charge < -0.3 is 4.74 Å². The van der Waals surface area contributed by atoms with Crippen LogP contribution in [-0.4, -0.2) is 7.11 Å². The van der Waals surface area contributed by atoms with Crippen molar-refractivity contribution in [2.24, 2.45) is 0 Å². The molecule has 0 fully saturated rings. The summed E-state index contributed by atoms with van der Waals surface area (Å²) in [4.78, 5) is 0. The Morgan fingerprint density at radius 2 is 2.14 bits per heavy atom. The third kappa shape index (κ3) is 4.91. The second-order valence-corrected chi connectivity index (χ2v) is 5.65. The van der Waals surface area contributed by atoms with Crippen molar-refractivity contribution in [2.45, 2.75) is 26.2 Å². The summed E-state index contributed by atoms with van der Waals surface area (Å²) in [5.74, 6) is 0.665. The average molecular weight is 346 g/mol. The predicted molar refractivity (Wildman–Crippen MR) is 90.8 cm³/mol. The van der Waals surface area contributed by atoms with Crippen LogP contribution < -0.4 is 0 Å². The van der Waals surface area contributed by atoms with Crippen LogP contribution in [0.15, 0.2) is 58.8 Å². The molecule has 0 heterocycles. The van der Waals surface area contributed by atoms with Gasteiger partial charge in [0.05, 0.1) is 19.6 Å². The maximum absolute atomic E-state index is 8.93. The van der Waals surface area contributed by atoms with Crippen LogP contribution in [0.3, 0.4) is 0 Å². The number of nitrogens with zero attached hydrogens (tertiary/aromatic N) is 1. The minimum atomic E-state index is 0.422. The van der Waals surface area contributed by atoms with E-state index in [0.717, 1.165) is 34.0 Å². The Labute approximate surface area is 135 Å². The number of aryl methyl sites for hydroxylation is 1. The maximum atomic E-state index is 8.93. The molecule has 0 amide bonds. The van der Waals surface area contributed by atoms with Crippen LogP contribution in [0.1, 0.15) is 24.5 Å². The largest absolute Gasteiger partial charge is 0.497 e. The van der Waals surface area contributed by atoms with Crippen molar-refractivity contribution in [1.82, 2.24) is 0 Å². The normalized spacial score (nSPS) is 11.3. The summed E-state index contributed by atoms with van der Waals surface area (Å²) < 4.78 is 6.18.